The Kier molecular flexibility index (Phi) is 73.5. The van der Waals surface area contributed by atoms with Crippen LogP contribution in [0.4, 0.5) is 0 Å². The third-order valence-corrected chi connectivity index (χ3v) is 2.87. The van der Waals surface area contributed by atoms with Crippen LogP contribution in [-0.2, 0) is 11.2 Å². The molecule has 3 heteroatoms. The average molecular weight is 401 g/mol. The Labute approximate surface area is 180 Å². The molecule has 1 aromatic rings. The number of nitrogens with one attached hydrogen (secondary N) is 2. The Balaban J connectivity index is -0.0000000637. The van der Waals surface area contributed by atoms with Gasteiger partial charge in [0.05, 0.1) is 0 Å². The van der Waals surface area contributed by atoms with Crippen LogP contribution in [0.1, 0.15) is 94.6 Å². The van der Waals surface area contributed by atoms with E-state index in [-0.39, 0.29) is 5.91 Å². The summed E-state index contributed by atoms with van der Waals surface area (Å²) in [7, 11) is 5.35. The van der Waals surface area contributed by atoms with E-state index in [1.807, 2.05) is 69.5 Å². The van der Waals surface area contributed by atoms with Gasteiger partial charge in [0.2, 0.25) is 5.91 Å². The second-order valence-electron chi connectivity index (χ2n) is 4.68. The van der Waals surface area contributed by atoms with Crippen molar-refractivity contribution in [1.82, 2.24) is 10.6 Å². The van der Waals surface area contributed by atoms with Gasteiger partial charge in [-0.1, -0.05) is 112 Å². The Morgan fingerprint density at radius 3 is 1.29 bits per heavy atom. The van der Waals surface area contributed by atoms with Crippen molar-refractivity contribution in [2.45, 2.75) is 95.4 Å². The molecular formula is C25H56N2O. The summed E-state index contributed by atoms with van der Waals surface area (Å²) in [5.74, 6) is 0.873. The predicted molar refractivity (Wildman–Crippen MR) is 134 cm³/mol. The Morgan fingerprint density at radius 1 is 0.786 bits per heavy atom. The molecule has 0 atom stereocenters. The van der Waals surface area contributed by atoms with Crippen LogP contribution in [0, 0.1) is 5.92 Å². The molecule has 0 aliphatic rings. The van der Waals surface area contributed by atoms with Crippen molar-refractivity contribution in [3.05, 3.63) is 35.9 Å². The maximum Gasteiger partial charge on any atom is 0.216 e. The molecule has 0 heterocycles. The predicted octanol–water partition coefficient (Wildman–Crippen LogP) is 7.36. The molecule has 0 unspecified atom stereocenters. The number of hydrogen-bond donors (Lipinski definition) is 2. The molecule has 1 amide bonds. The molecule has 0 radical (unpaired) electrons. The van der Waals surface area contributed by atoms with E-state index < -0.39 is 0 Å². The highest BCUT2D eigenvalue weighted by molar-refractivity contribution is 5.72. The van der Waals surface area contributed by atoms with Crippen LogP contribution in [0.25, 0.3) is 0 Å². The van der Waals surface area contributed by atoms with E-state index >= 15 is 0 Å². The lowest BCUT2D eigenvalue weighted by molar-refractivity contribution is -0.118. The Bertz CT molecular complexity index is 310. The van der Waals surface area contributed by atoms with Crippen molar-refractivity contribution in [3.8, 4) is 0 Å². The number of carbonyl (C=O) groups excluding carboxylic acids is 1. The van der Waals surface area contributed by atoms with E-state index in [2.05, 4.69) is 54.8 Å². The zero-order valence-electron chi connectivity index (χ0n) is 22.0. The first-order valence-corrected chi connectivity index (χ1v) is 11.4. The summed E-state index contributed by atoms with van der Waals surface area (Å²) in [6.45, 7) is 22.0. The van der Waals surface area contributed by atoms with Crippen molar-refractivity contribution >= 4 is 5.91 Å². The second-order valence-corrected chi connectivity index (χ2v) is 4.68. The zero-order chi connectivity index (χ0) is 23.8. The average Bonchev–Trinajstić information content (AvgIpc) is 2.79. The fraction of sp³-hybridized carbons (Fsp3) is 0.720. The number of hydrogen-bond acceptors (Lipinski definition) is 2. The van der Waals surface area contributed by atoms with Crippen molar-refractivity contribution < 1.29 is 4.79 Å². The molecule has 1 rings (SSSR count). The Hall–Kier alpha value is -1.35. The van der Waals surface area contributed by atoms with Crippen molar-refractivity contribution in [3.63, 3.8) is 0 Å². The van der Waals surface area contributed by atoms with E-state index in [1.165, 1.54) is 31.7 Å². The number of benzene rings is 1. The highest BCUT2D eigenvalue weighted by Crippen LogP contribution is 2.14. The molecule has 0 fully saturated rings. The summed E-state index contributed by atoms with van der Waals surface area (Å²) in [5, 5.41) is 5.14. The number of amides is 1. The minimum Gasteiger partial charge on any atom is -0.359 e. The molecule has 0 saturated carbocycles. The van der Waals surface area contributed by atoms with Gasteiger partial charge in [0.1, 0.15) is 0 Å². The van der Waals surface area contributed by atoms with Gasteiger partial charge < -0.3 is 10.6 Å². The molecule has 0 aliphatic carbocycles. The summed E-state index contributed by atoms with van der Waals surface area (Å²) in [4.78, 5) is 9.70. The first-order valence-electron chi connectivity index (χ1n) is 11.4. The van der Waals surface area contributed by atoms with Gasteiger partial charge in [0.25, 0.3) is 0 Å². The van der Waals surface area contributed by atoms with E-state index in [0.29, 0.717) is 0 Å². The van der Waals surface area contributed by atoms with Crippen LogP contribution in [-0.4, -0.2) is 27.1 Å². The fourth-order valence-corrected chi connectivity index (χ4v) is 1.52. The van der Waals surface area contributed by atoms with E-state index in [4.69, 9.17) is 0 Å². The van der Waals surface area contributed by atoms with Crippen LogP contribution in [0.3, 0.4) is 0 Å². The van der Waals surface area contributed by atoms with Gasteiger partial charge in [-0.15, -0.1) is 0 Å². The molecular weight excluding hydrogens is 344 g/mol. The highest BCUT2D eigenvalue weighted by atomic mass is 16.1. The molecule has 0 aromatic heterocycles. The second kappa shape index (κ2) is 50.0. The largest absolute Gasteiger partial charge is 0.359 e. The summed E-state index contributed by atoms with van der Waals surface area (Å²) < 4.78 is 0. The minimum atomic E-state index is 0.00463. The molecule has 28 heavy (non-hydrogen) atoms. The molecule has 0 saturated heterocycles. The lowest BCUT2D eigenvalue weighted by atomic mass is 9.95. The van der Waals surface area contributed by atoms with Crippen LogP contribution < -0.4 is 10.6 Å². The minimum absolute atomic E-state index is 0.00463. The number of carbonyl (C=O) groups is 1. The molecule has 2 N–H and O–H groups in total. The van der Waals surface area contributed by atoms with Gasteiger partial charge in [-0.25, -0.2) is 0 Å². The fourth-order valence-electron chi connectivity index (χ4n) is 1.52. The Morgan fingerprint density at radius 2 is 1.07 bits per heavy atom. The van der Waals surface area contributed by atoms with E-state index in [0.717, 1.165) is 5.92 Å². The van der Waals surface area contributed by atoms with Crippen molar-refractivity contribution in [1.29, 1.82) is 0 Å². The summed E-state index contributed by atoms with van der Waals surface area (Å²) in [5.41, 5.74) is 1.48. The van der Waals surface area contributed by atoms with Crippen molar-refractivity contribution in [2.24, 2.45) is 5.92 Å². The van der Waals surface area contributed by atoms with Crippen LogP contribution >= 0.6 is 0 Å². The van der Waals surface area contributed by atoms with Gasteiger partial charge in [0, 0.05) is 14.0 Å². The smallest absolute Gasteiger partial charge is 0.216 e. The number of rotatable bonds is 4. The zero-order valence-corrected chi connectivity index (χ0v) is 22.0. The van der Waals surface area contributed by atoms with E-state index in [1.54, 1.807) is 7.05 Å². The van der Waals surface area contributed by atoms with Gasteiger partial charge in [-0.3, -0.25) is 4.79 Å². The molecule has 0 aliphatic heterocycles. The molecule has 1 aromatic carbocycles. The molecule has 0 bridgehead atoms. The van der Waals surface area contributed by atoms with Crippen LogP contribution in [0.15, 0.2) is 30.3 Å². The lowest BCUT2D eigenvalue weighted by Gasteiger charge is -2.11. The molecule has 172 valence electrons. The normalized spacial score (nSPS) is 7.25. The first-order chi connectivity index (χ1) is 13.5. The van der Waals surface area contributed by atoms with Gasteiger partial charge >= 0.3 is 0 Å². The molecule has 3 nitrogen and oxygen atoms in total. The summed E-state index contributed by atoms with van der Waals surface area (Å²) in [6, 6.07) is 10.8. The summed E-state index contributed by atoms with van der Waals surface area (Å²) >= 11 is 0. The van der Waals surface area contributed by atoms with Gasteiger partial charge in [-0.2, -0.15) is 0 Å². The first kappa shape index (κ1) is 41.1. The maximum absolute atomic E-state index is 9.70. The standard InChI is InChI=1S/C12H18.C3H7NO.C2H7N.4C2H6/c1-3-11(4-2)10-12-8-6-5-7-9-12;1-3(5)4-2;1-3-2;4*1-2/h5-9,11H,3-4,10H2,1-2H3;1-2H3,(H,4,5);3H,1-2H3;4*1-2H3. The van der Waals surface area contributed by atoms with Gasteiger partial charge in [-0.05, 0) is 32.0 Å². The lowest BCUT2D eigenvalue weighted by Crippen LogP contribution is -2.11. The van der Waals surface area contributed by atoms with Gasteiger partial charge in [0.15, 0.2) is 0 Å². The quantitative estimate of drug-likeness (QED) is 0.554. The maximum atomic E-state index is 9.70. The monoisotopic (exact) mass is 400 g/mol. The topological polar surface area (TPSA) is 41.1 Å². The third kappa shape index (κ3) is 49.7. The highest BCUT2D eigenvalue weighted by Gasteiger charge is 2.03. The SMILES string of the molecule is CC.CC.CC.CC.CCC(CC)Cc1ccccc1.CNC.CNC(C)=O. The van der Waals surface area contributed by atoms with Crippen LogP contribution in [0.2, 0.25) is 0 Å². The summed E-state index contributed by atoms with van der Waals surface area (Å²) in [6.07, 6.45) is 3.84. The third-order valence-electron chi connectivity index (χ3n) is 2.87. The van der Waals surface area contributed by atoms with E-state index in [9.17, 15) is 4.79 Å². The van der Waals surface area contributed by atoms with Crippen LogP contribution in [0.5, 0.6) is 0 Å². The van der Waals surface area contributed by atoms with Crippen molar-refractivity contribution in [2.75, 3.05) is 21.1 Å². The molecule has 0 spiro atoms.